The molecule has 0 bridgehead atoms. The van der Waals surface area contributed by atoms with E-state index in [1.54, 1.807) is 11.3 Å². The molecule has 154 valence electrons. The van der Waals surface area contributed by atoms with E-state index in [0.717, 1.165) is 57.9 Å². The summed E-state index contributed by atoms with van der Waals surface area (Å²) >= 11 is 2.94. The van der Waals surface area contributed by atoms with E-state index in [-0.39, 0.29) is 11.7 Å². The number of hydrogen-bond acceptors (Lipinski definition) is 6. The highest BCUT2D eigenvalue weighted by Gasteiger charge is 2.26. The van der Waals surface area contributed by atoms with E-state index in [4.69, 9.17) is 0 Å². The summed E-state index contributed by atoms with van der Waals surface area (Å²) in [6.07, 6.45) is 5.45. The average Bonchev–Trinajstić information content (AvgIpc) is 3.40. The van der Waals surface area contributed by atoms with Gasteiger partial charge >= 0.3 is 0 Å². The number of fused-ring (bicyclic) bond motifs is 2. The third-order valence-corrected chi connectivity index (χ3v) is 7.25. The molecule has 3 aromatic heterocycles. The van der Waals surface area contributed by atoms with Gasteiger partial charge in [0.05, 0.1) is 11.3 Å². The molecule has 0 saturated carbocycles. The lowest BCUT2D eigenvalue weighted by molar-refractivity contribution is -0.113. The number of anilines is 1. The first kappa shape index (κ1) is 19.8. The summed E-state index contributed by atoms with van der Waals surface area (Å²) in [5.74, 6) is 0.627. The molecule has 0 fully saturated rings. The van der Waals surface area contributed by atoms with Gasteiger partial charge in [0.15, 0.2) is 0 Å². The number of carbonyl (C=O) groups is 1. The molecular weight excluding hydrogens is 426 g/mol. The van der Waals surface area contributed by atoms with Crippen molar-refractivity contribution in [3.8, 4) is 11.8 Å². The third-order valence-electron chi connectivity index (χ3n) is 5.42. The first-order chi connectivity index (χ1) is 15.3. The van der Waals surface area contributed by atoms with Gasteiger partial charge < -0.3 is 5.32 Å². The molecule has 1 N–H and O–H groups in total. The molecule has 1 aliphatic carbocycles. The van der Waals surface area contributed by atoms with E-state index in [0.29, 0.717) is 11.4 Å². The number of carbonyl (C=O) groups excluding carboxylic acids is 1. The van der Waals surface area contributed by atoms with Crippen molar-refractivity contribution in [2.75, 3.05) is 11.1 Å². The fraction of sp³-hybridized carbons (Fsp3) is 0.217. The summed E-state index contributed by atoms with van der Waals surface area (Å²) in [6.45, 7) is 0. The second-order valence-electron chi connectivity index (χ2n) is 7.29. The lowest BCUT2D eigenvalue weighted by atomic mass is 9.95. The fourth-order valence-corrected chi connectivity index (χ4v) is 5.66. The highest BCUT2D eigenvalue weighted by atomic mass is 32.2. The van der Waals surface area contributed by atoms with Crippen molar-refractivity contribution in [2.45, 2.75) is 30.7 Å². The number of aromatic nitrogens is 3. The molecule has 1 aliphatic rings. The molecule has 3 heterocycles. The molecule has 0 unspecified atom stereocenters. The molecule has 0 atom stereocenters. The number of nitrogens with zero attached hydrogens (tertiary/aromatic N) is 4. The first-order valence-electron chi connectivity index (χ1n) is 10.1. The molecule has 1 aromatic carbocycles. The van der Waals surface area contributed by atoms with Crippen LogP contribution in [-0.4, -0.2) is 26.2 Å². The fourth-order valence-electron chi connectivity index (χ4n) is 4.08. The average molecular weight is 446 g/mol. The van der Waals surface area contributed by atoms with Crippen molar-refractivity contribution in [2.24, 2.45) is 0 Å². The van der Waals surface area contributed by atoms with E-state index in [2.05, 4.69) is 25.9 Å². The van der Waals surface area contributed by atoms with Gasteiger partial charge in [0, 0.05) is 16.8 Å². The molecule has 8 heteroatoms. The summed E-state index contributed by atoms with van der Waals surface area (Å²) in [6, 6.07) is 14.3. The Morgan fingerprint density at radius 3 is 2.87 bits per heavy atom. The van der Waals surface area contributed by atoms with Gasteiger partial charge in [-0.1, -0.05) is 30.0 Å². The number of rotatable bonds is 5. The largest absolute Gasteiger partial charge is 0.310 e. The summed E-state index contributed by atoms with van der Waals surface area (Å²) in [5, 5.41) is 16.7. The standard InChI is InChI=1S/C23H19N5OS2/c24-12-18-16-8-4-5-9-19(16)28(15-6-2-1-3-7-15)21(18)27-20(29)13-31-23-17-10-11-30-22(17)25-14-26-23/h1-3,6-7,10-11,14H,4-5,8-9,13H2,(H,27,29). The van der Waals surface area contributed by atoms with Crippen molar-refractivity contribution in [3.05, 3.63) is 64.9 Å². The van der Waals surface area contributed by atoms with Crippen LogP contribution in [0, 0.1) is 11.3 Å². The monoisotopic (exact) mass is 445 g/mol. The highest BCUT2D eigenvalue weighted by Crippen LogP contribution is 2.36. The van der Waals surface area contributed by atoms with Gasteiger partial charge in [-0.15, -0.1) is 11.3 Å². The summed E-state index contributed by atoms with van der Waals surface area (Å²) in [7, 11) is 0. The normalized spacial score (nSPS) is 13.0. The Morgan fingerprint density at radius 2 is 2.03 bits per heavy atom. The Balaban J connectivity index is 1.46. The minimum absolute atomic E-state index is 0.157. The van der Waals surface area contributed by atoms with E-state index < -0.39 is 0 Å². The second kappa shape index (κ2) is 8.53. The molecule has 4 aromatic rings. The molecule has 0 saturated heterocycles. The lowest BCUT2D eigenvalue weighted by Gasteiger charge is -2.17. The van der Waals surface area contributed by atoms with Gasteiger partial charge in [-0.2, -0.15) is 5.26 Å². The number of thioether (sulfide) groups is 1. The first-order valence-corrected chi connectivity index (χ1v) is 12.0. The molecule has 31 heavy (non-hydrogen) atoms. The highest BCUT2D eigenvalue weighted by molar-refractivity contribution is 8.00. The molecule has 6 nitrogen and oxygen atoms in total. The zero-order valence-corrected chi connectivity index (χ0v) is 18.3. The van der Waals surface area contributed by atoms with E-state index >= 15 is 0 Å². The maximum atomic E-state index is 12.9. The Morgan fingerprint density at radius 1 is 1.19 bits per heavy atom. The van der Waals surface area contributed by atoms with Gasteiger partial charge in [0.1, 0.15) is 28.1 Å². The minimum Gasteiger partial charge on any atom is -0.310 e. The molecule has 0 radical (unpaired) electrons. The zero-order valence-electron chi connectivity index (χ0n) is 16.7. The Hall–Kier alpha value is -3.15. The number of nitriles is 1. The number of para-hydroxylation sites is 1. The van der Waals surface area contributed by atoms with Crippen LogP contribution in [0.3, 0.4) is 0 Å². The van der Waals surface area contributed by atoms with Crippen molar-refractivity contribution in [3.63, 3.8) is 0 Å². The van der Waals surface area contributed by atoms with Gasteiger partial charge in [-0.3, -0.25) is 9.36 Å². The van der Waals surface area contributed by atoms with Crippen molar-refractivity contribution in [1.82, 2.24) is 14.5 Å². The van der Waals surface area contributed by atoms with Gasteiger partial charge in [-0.05, 0) is 54.8 Å². The molecule has 0 spiro atoms. The van der Waals surface area contributed by atoms with Crippen LogP contribution in [0.2, 0.25) is 0 Å². The van der Waals surface area contributed by atoms with E-state index in [1.165, 1.54) is 18.1 Å². The Bertz CT molecular complexity index is 1300. The van der Waals surface area contributed by atoms with Gasteiger partial charge in [0.25, 0.3) is 0 Å². The van der Waals surface area contributed by atoms with Crippen molar-refractivity contribution >= 4 is 45.0 Å². The predicted molar refractivity (Wildman–Crippen MR) is 124 cm³/mol. The molecule has 5 rings (SSSR count). The molecule has 1 amide bonds. The maximum absolute atomic E-state index is 12.9. The van der Waals surface area contributed by atoms with Crippen LogP contribution in [0.1, 0.15) is 29.7 Å². The predicted octanol–water partition coefficient (Wildman–Crippen LogP) is 4.96. The Labute approximate surface area is 188 Å². The molecule has 0 aliphatic heterocycles. The van der Waals surface area contributed by atoms with Gasteiger partial charge in [0.2, 0.25) is 5.91 Å². The topological polar surface area (TPSA) is 83.6 Å². The molecular formula is C23H19N5OS2. The number of amides is 1. The minimum atomic E-state index is -0.157. The summed E-state index contributed by atoms with van der Waals surface area (Å²) in [4.78, 5) is 22.4. The number of benzene rings is 1. The Kier molecular flexibility index (Phi) is 5.45. The van der Waals surface area contributed by atoms with Crippen LogP contribution < -0.4 is 5.32 Å². The number of hydrogen-bond donors (Lipinski definition) is 1. The number of thiophene rings is 1. The maximum Gasteiger partial charge on any atom is 0.235 e. The SMILES string of the molecule is N#Cc1c2c(n(-c3ccccc3)c1NC(=O)CSc1ncnc3sccc13)CCCC2. The summed E-state index contributed by atoms with van der Waals surface area (Å²) < 4.78 is 2.05. The second-order valence-corrected chi connectivity index (χ2v) is 9.15. The van der Waals surface area contributed by atoms with Crippen LogP contribution in [0.25, 0.3) is 15.9 Å². The van der Waals surface area contributed by atoms with Crippen LogP contribution in [-0.2, 0) is 17.6 Å². The zero-order chi connectivity index (χ0) is 21.2. The van der Waals surface area contributed by atoms with E-state index in [1.807, 2.05) is 41.8 Å². The smallest absolute Gasteiger partial charge is 0.235 e. The van der Waals surface area contributed by atoms with Gasteiger partial charge in [-0.25, -0.2) is 9.97 Å². The third kappa shape index (κ3) is 3.71. The van der Waals surface area contributed by atoms with Crippen LogP contribution >= 0.6 is 23.1 Å². The van der Waals surface area contributed by atoms with Crippen molar-refractivity contribution < 1.29 is 4.79 Å². The van der Waals surface area contributed by atoms with Crippen molar-refractivity contribution in [1.29, 1.82) is 5.26 Å². The van der Waals surface area contributed by atoms with Crippen LogP contribution in [0.5, 0.6) is 0 Å². The lowest BCUT2D eigenvalue weighted by Crippen LogP contribution is -2.18. The number of nitrogens with one attached hydrogen (secondary N) is 1. The quantitative estimate of drug-likeness (QED) is 0.347. The summed E-state index contributed by atoms with van der Waals surface area (Å²) in [5.41, 5.74) is 3.74. The van der Waals surface area contributed by atoms with E-state index in [9.17, 15) is 10.1 Å². The van der Waals surface area contributed by atoms with Crippen LogP contribution in [0.15, 0.2) is 53.1 Å². The van der Waals surface area contributed by atoms with Crippen LogP contribution in [0.4, 0.5) is 5.82 Å².